The van der Waals surface area contributed by atoms with Crippen LogP contribution in [0, 0.1) is 0 Å². The zero-order valence-electron chi connectivity index (χ0n) is 17.9. The van der Waals surface area contributed by atoms with Crippen molar-refractivity contribution in [1.82, 2.24) is 0 Å². The summed E-state index contributed by atoms with van der Waals surface area (Å²) >= 11 is 3.38. The molecular weight excluding hydrogens is 468 g/mol. The second-order valence-corrected chi connectivity index (χ2v) is 8.90. The average Bonchev–Trinajstić information content (AvgIpc) is 3.32. The van der Waals surface area contributed by atoms with Crippen LogP contribution in [0.4, 0.5) is 11.4 Å². The topological polar surface area (TPSA) is 67.4 Å². The average molecular weight is 493 g/mol. The van der Waals surface area contributed by atoms with Crippen molar-refractivity contribution in [3.63, 3.8) is 0 Å². The van der Waals surface area contributed by atoms with Gasteiger partial charge in [-0.2, -0.15) is 0 Å². The van der Waals surface area contributed by atoms with Crippen molar-refractivity contribution in [2.75, 3.05) is 17.7 Å². The van der Waals surface area contributed by atoms with E-state index in [0.29, 0.717) is 22.7 Å². The Morgan fingerprint density at radius 2 is 1.66 bits per heavy atom. The maximum absolute atomic E-state index is 13.4. The number of amides is 2. The van der Waals surface area contributed by atoms with E-state index >= 15 is 0 Å². The minimum atomic E-state index is -0.512. The Labute approximate surface area is 196 Å². The van der Waals surface area contributed by atoms with Crippen LogP contribution >= 0.6 is 15.9 Å². The van der Waals surface area contributed by atoms with Gasteiger partial charge in [-0.25, -0.2) is 0 Å². The van der Waals surface area contributed by atoms with Gasteiger partial charge in [0.2, 0.25) is 5.91 Å². The zero-order valence-corrected chi connectivity index (χ0v) is 19.4. The summed E-state index contributed by atoms with van der Waals surface area (Å²) in [6.45, 7) is 0. The minimum Gasteiger partial charge on any atom is -0.494 e. The van der Waals surface area contributed by atoms with Gasteiger partial charge in [0.05, 0.1) is 18.2 Å². The molecule has 3 aromatic rings. The van der Waals surface area contributed by atoms with Gasteiger partial charge >= 0.3 is 0 Å². The summed E-state index contributed by atoms with van der Waals surface area (Å²) in [6.07, 6.45) is 3.74. The molecule has 0 radical (unpaired) electrons. The fraction of sp³-hybridized carbons (Fsp3) is 0.231. The monoisotopic (exact) mass is 492 g/mol. The maximum atomic E-state index is 13.4. The van der Waals surface area contributed by atoms with E-state index in [1.165, 1.54) is 7.11 Å². The lowest BCUT2D eigenvalue weighted by Crippen LogP contribution is -2.37. The molecule has 1 aliphatic carbocycles. The van der Waals surface area contributed by atoms with Crippen molar-refractivity contribution < 1.29 is 14.3 Å². The van der Waals surface area contributed by atoms with Gasteiger partial charge in [-0.05, 0) is 48.7 Å². The number of ether oxygens (including phenoxy) is 1. The second kappa shape index (κ2) is 9.57. The molecule has 1 fully saturated rings. The highest BCUT2D eigenvalue weighted by Crippen LogP contribution is 2.42. The number of carbonyl (C=O) groups excluding carboxylic acids is 2. The van der Waals surface area contributed by atoms with E-state index < -0.39 is 5.41 Å². The number of halogens is 1. The van der Waals surface area contributed by atoms with E-state index in [4.69, 9.17) is 4.74 Å². The van der Waals surface area contributed by atoms with Crippen LogP contribution in [0.1, 0.15) is 41.6 Å². The van der Waals surface area contributed by atoms with Crippen molar-refractivity contribution in [1.29, 1.82) is 0 Å². The number of hydrogen-bond acceptors (Lipinski definition) is 3. The van der Waals surface area contributed by atoms with E-state index in [9.17, 15) is 9.59 Å². The van der Waals surface area contributed by atoms with Crippen LogP contribution in [-0.2, 0) is 10.2 Å². The Balaban J connectivity index is 1.54. The van der Waals surface area contributed by atoms with Crippen molar-refractivity contribution >= 4 is 39.1 Å². The number of methoxy groups -OCH3 is 1. The van der Waals surface area contributed by atoms with Gasteiger partial charge in [0.15, 0.2) is 0 Å². The molecule has 0 aliphatic heterocycles. The quantitative estimate of drug-likeness (QED) is 0.432. The van der Waals surface area contributed by atoms with Crippen LogP contribution in [0.25, 0.3) is 0 Å². The molecule has 0 bridgehead atoms. The van der Waals surface area contributed by atoms with E-state index in [-0.39, 0.29) is 11.8 Å². The van der Waals surface area contributed by atoms with Crippen molar-refractivity contribution in [2.24, 2.45) is 0 Å². The summed E-state index contributed by atoms with van der Waals surface area (Å²) in [5, 5.41) is 5.96. The first-order chi connectivity index (χ1) is 15.5. The molecule has 0 heterocycles. The lowest BCUT2D eigenvalue weighted by atomic mass is 9.78. The molecule has 164 valence electrons. The molecule has 1 saturated carbocycles. The molecule has 5 nitrogen and oxygen atoms in total. The number of hydrogen-bond donors (Lipinski definition) is 2. The summed E-state index contributed by atoms with van der Waals surface area (Å²) in [7, 11) is 1.54. The Morgan fingerprint density at radius 3 is 2.34 bits per heavy atom. The van der Waals surface area contributed by atoms with Gasteiger partial charge in [-0.1, -0.05) is 65.2 Å². The predicted molar refractivity (Wildman–Crippen MR) is 130 cm³/mol. The van der Waals surface area contributed by atoms with Gasteiger partial charge in [0.1, 0.15) is 5.75 Å². The molecule has 6 heteroatoms. The highest BCUT2D eigenvalue weighted by molar-refractivity contribution is 9.10. The number of anilines is 2. The third-order valence-electron chi connectivity index (χ3n) is 6.01. The SMILES string of the molecule is COc1cc(NC(=O)C2(c3ccccc3)CCCC2)ccc1NC(=O)c1cccc(Br)c1. The standard InChI is InChI=1S/C26H25BrN2O3/c1-32-23-17-21(12-13-22(23)29-24(30)18-8-7-11-20(27)16-18)28-25(31)26(14-5-6-15-26)19-9-3-2-4-10-19/h2-4,7-13,16-17H,5-6,14-15H2,1H3,(H,28,31)(H,29,30). The molecule has 0 atom stereocenters. The number of nitrogens with one attached hydrogen (secondary N) is 2. The lowest BCUT2D eigenvalue weighted by Gasteiger charge is -2.28. The number of carbonyl (C=O) groups is 2. The summed E-state index contributed by atoms with van der Waals surface area (Å²) in [5.74, 6) is 0.232. The Hall–Kier alpha value is -3.12. The molecule has 0 saturated heterocycles. The highest BCUT2D eigenvalue weighted by atomic mass is 79.9. The molecule has 1 aliphatic rings. The van der Waals surface area contributed by atoms with Crippen LogP contribution in [0.5, 0.6) is 5.75 Å². The number of benzene rings is 3. The maximum Gasteiger partial charge on any atom is 0.255 e. The van der Waals surface area contributed by atoms with E-state index in [0.717, 1.165) is 35.7 Å². The Morgan fingerprint density at radius 1 is 0.906 bits per heavy atom. The van der Waals surface area contributed by atoms with Crippen LogP contribution < -0.4 is 15.4 Å². The normalized spacial score (nSPS) is 14.6. The predicted octanol–water partition coefficient (Wildman–Crippen LogP) is 6.16. The fourth-order valence-electron chi connectivity index (χ4n) is 4.33. The first-order valence-electron chi connectivity index (χ1n) is 10.6. The van der Waals surface area contributed by atoms with Crippen molar-refractivity contribution in [3.8, 4) is 5.75 Å². The van der Waals surface area contributed by atoms with Crippen molar-refractivity contribution in [2.45, 2.75) is 31.1 Å². The van der Waals surface area contributed by atoms with Gasteiger partial charge in [-0.3, -0.25) is 9.59 Å². The highest BCUT2D eigenvalue weighted by Gasteiger charge is 2.42. The van der Waals surface area contributed by atoms with Gasteiger partial charge in [-0.15, -0.1) is 0 Å². The minimum absolute atomic E-state index is 0.00539. The van der Waals surface area contributed by atoms with Crippen LogP contribution in [-0.4, -0.2) is 18.9 Å². The Kier molecular flexibility index (Phi) is 6.61. The molecule has 0 unspecified atom stereocenters. The first-order valence-corrected chi connectivity index (χ1v) is 11.4. The summed E-state index contributed by atoms with van der Waals surface area (Å²) in [4.78, 5) is 26.0. The fourth-order valence-corrected chi connectivity index (χ4v) is 4.73. The number of rotatable bonds is 6. The lowest BCUT2D eigenvalue weighted by molar-refractivity contribution is -0.121. The molecule has 2 N–H and O–H groups in total. The molecule has 4 rings (SSSR count). The molecule has 0 aromatic heterocycles. The molecule has 0 spiro atoms. The molecular formula is C26H25BrN2O3. The largest absolute Gasteiger partial charge is 0.494 e. The molecule has 3 aromatic carbocycles. The van der Waals surface area contributed by atoms with Crippen molar-refractivity contribution in [3.05, 3.63) is 88.4 Å². The van der Waals surface area contributed by atoms with E-state index in [2.05, 4.69) is 26.6 Å². The van der Waals surface area contributed by atoms with Crippen LogP contribution in [0.2, 0.25) is 0 Å². The third-order valence-corrected chi connectivity index (χ3v) is 6.51. The summed E-state index contributed by atoms with van der Waals surface area (Å²) in [6, 6.07) is 22.4. The summed E-state index contributed by atoms with van der Waals surface area (Å²) < 4.78 is 6.32. The zero-order chi connectivity index (χ0) is 22.6. The third kappa shape index (κ3) is 4.55. The van der Waals surface area contributed by atoms with Gasteiger partial charge in [0.25, 0.3) is 5.91 Å². The van der Waals surface area contributed by atoms with Crippen LogP contribution in [0.15, 0.2) is 77.3 Å². The first kappa shape index (κ1) is 22.1. The van der Waals surface area contributed by atoms with Gasteiger partial charge in [0, 0.05) is 21.8 Å². The van der Waals surface area contributed by atoms with Gasteiger partial charge < -0.3 is 15.4 Å². The summed E-state index contributed by atoms with van der Waals surface area (Å²) in [5.41, 5.74) is 2.25. The second-order valence-electron chi connectivity index (χ2n) is 7.99. The molecule has 2 amide bonds. The van der Waals surface area contributed by atoms with Crippen LogP contribution in [0.3, 0.4) is 0 Å². The smallest absolute Gasteiger partial charge is 0.255 e. The van der Waals surface area contributed by atoms with E-state index in [1.807, 2.05) is 36.4 Å². The van der Waals surface area contributed by atoms with E-state index in [1.54, 1.807) is 36.4 Å². The molecule has 32 heavy (non-hydrogen) atoms. The Bertz CT molecular complexity index is 1120.